The second-order valence-corrected chi connectivity index (χ2v) is 5.28. The van der Waals surface area contributed by atoms with Crippen molar-refractivity contribution < 1.29 is 0 Å². The molecule has 0 amide bonds. The molecule has 22 heavy (non-hydrogen) atoms. The van der Waals surface area contributed by atoms with Gasteiger partial charge in [-0.3, -0.25) is 4.57 Å². The largest absolute Gasteiger partial charge is 0.370 e. The molecule has 0 radical (unpaired) electrons. The first kappa shape index (κ1) is 16.7. The van der Waals surface area contributed by atoms with Gasteiger partial charge in [-0.1, -0.05) is 18.9 Å². The molecule has 2 aromatic heterocycles. The highest BCUT2D eigenvalue weighted by Gasteiger charge is 2.14. The second-order valence-electron chi connectivity index (χ2n) is 5.28. The number of nitrogens with one attached hydrogen (secondary N) is 1. The Balaban J connectivity index is 0.00000176. The van der Waals surface area contributed by atoms with Crippen molar-refractivity contribution in [2.24, 2.45) is 10.7 Å². The minimum atomic E-state index is 0. The Bertz CT molecular complexity index is 604. The summed E-state index contributed by atoms with van der Waals surface area (Å²) in [5, 5.41) is 3.29. The van der Waals surface area contributed by atoms with Gasteiger partial charge in [-0.25, -0.2) is 15.0 Å². The fraction of sp³-hybridized carbons (Fsp3) is 0.400. The molecule has 0 spiro atoms. The van der Waals surface area contributed by atoms with E-state index in [1.54, 1.807) is 18.7 Å². The maximum Gasteiger partial charge on any atom is 0.189 e. The molecule has 0 aromatic carbocycles. The lowest BCUT2D eigenvalue weighted by Gasteiger charge is -2.12. The number of nitrogens with two attached hydrogens (primary N) is 1. The van der Waals surface area contributed by atoms with Crippen molar-refractivity contribution >= 4 is 29.9 Å². The second kappa shape index (κ2) is 8.11. The van der Waals surface area contributed by atoms with Crippen molar-refractivity contribution in [2.75, 3.05) is 0 Å². The molecule has 3 rings (SSSR count). The Morgan fingerprint density at radius 2 is 2.18 bits per heavy atom. The normalized spacial score (nSPS) is 15.5. The van der Waals surface area contributed by atoms with E-state index in [0.717, 1.165) is 11.4 Å². The van der Waals surface area contributed by atoms with Crippen LogP contribution in [-0.2, 0) is 6.54 Å². The van der Waals surface area contributed by atoms with E-state index in [9.17, 15) is 0 Å². The minimum Gasteiger partial charge on any atom is -0.370 e. The van der Waals surface area contributed by atoms with Gasteiger partial charge >= 0.3 is 0 Å². The Kier molecular flexibility index (Phi) is 6.17. The highest BCUT2D eigenvalue weighted by Crippen LogP contribution is 2.17. The molecule has 3 N–H and O–H groups in total. The number of aliphatic imine (C=N–C) groups is 1. The average Bonchev–Trinajstić information content (AvgIpc) is 3.18. The highest BCUT2D eigenvalue weighted by atomic mass is 127. The van der Waals surface area contributed by atoms with Crippen molar-refractivity contribution in [3.8, 4) is 5.82 Å². The zero-order valence-electron chi connectivity index (χ0n) is 12.4. The van der Waals surface area contributed by atoms with Crippen LogP contribution in [0.15, 0.2) is 42.0 Å². The van der Waals surface area contributed by atoms with Gasteiger partial charge in [0.1, 0.15) is 12.1 Å². The van der Waals surface area contributed by atoms with E-state index in [2.05, 4.69) is 20.3 Å². The lowest BCUT2D eigenvalue weighted by atomic mass is 10.2. The van der Waals surface area contributed by atoms with E-state index in [0.29, 0.717) is 18.5 Å². The summed E-state index contributed by atoms with van der Waals surface area (Å²) in [6, 6.07) is 4.40. The molecule has 1 saturated carbocycles. The molecule has 0 aliphatic heterocycles. The van der Waals surface area contributed by atoms with E-state index < -0.39 is 0 Å². The first-order valence-electron chi connectivity index (χ1n) is 7.31. The fourth-order valence-corrected chi connectivity index (χ4v) is 2.67. The monoisotopic (exact) mass is 412 g/mol. The van der Waals surface area contributed by atoms with Gasteiger partial charge in [-0.15, -0.1) is 24.0 Å². The molecule has 0 saturated heterocycles. The van der Waals surface area contributed by atoms with Crippen LogP contribution >= 0.6 is 24.0 Å². The maximum absolute atomic E-state index is 5.97. The number of hydrogen-bond acceptors (Lipinski definition) is 3. The number of rotatable bonds is 4. The molecule has 118 valence electrons. The molecule has 1 fully saturated rings. The standard InChI is InChI=1S/C15H20N6.HI/c16-15(20-13-5-1-2-6-13)19-10-12-4-3-7-18-14(12)21-9-8-17-11-21;/h3-4,7-9,11,13H,1-2,5-6,10H2,(H3,16,19,20);1H. The van der Waals surface area contributed by atoms with E-state index >= 15 is 0 Å². The first-order valence-corrected chi connectivity index (χ1v) is 7.31. The lowest BCUT2D eigenvalue weighted by molar-refractivity contribution is 0.625. The average molecular weight is 412 g/mol. The van der Waals surface area contributed by atoms with Crippen LogP contribution in [0.1, 0.15) is 31.2 Å². The quantitative estimate of drug-likeness (QED) is 0.459. The van der Waals surface area contributed by atoms with Crippen LogP contribution in [0.2, 0.25) is 0 Å². The molecule has 6 nitrogen and oxygen atoms in total. The minimum absolute atomic E-state index is 0. The van der Waals surface area contributed by atoms with Gasteiger partial charge in [-0.2, -0.15) is 0 Å². The number of nitrogens with zero attached hydrogens (tertiary/aromatic N) is 4. The topological polar surface area (TPSA) is 81.1 Å². The Morgan fingerprint density at radius 3 is 2.91 bits per heavy atom. The predicted molar refractivity (Wildman–Crippen MR) is 97.5 cm³/mol. The Morgan fingerprint density at radius 1 is 1.36 bits per heavy atom. The zero-order valence-corrected chi connectivity index (χ0v) is 14.7. The summed E-state index contributed by atoms with van der Waals surface area (Å²) < 4.78 is 1.88. The van der Waals surface area contributed by atoms with Gasteiger partial charge < -0.3 is 11.1 Å². The predicted octanol–water partition coefficient (Wildman–Crippen LogP) is 2.23. The van der Waals surface area contributed by atoms with Crippen LogP contribution < -0.4 is 11.1 Å². The third-order valence-electron chi connectivity index (χ3n) is 3.74. The van der Waals surface area contributed by atoms with E-state index in [1.807, 2.05) is 22.9 Å². The van der Waals surface area contributed by atoms with Crippen LogP contribution in [0.4, 0.5) is 0 Å². The molecule has 0 atom stereocenters. The first-order chi connectivity index (χ1) is 10.3. The number of imidazole rings is 1. The van der Waals surface area contributed by atoms with Crippen LogP contribution in [-0.4, -0.2) is 26.5 Å². The molecule has 2 heterocycles. The molecule has 0 bridgehead atoms. The smallest absolute Gasteiger partial charge is 0.189 e. The molecule has 1 aliphatic rings. The third-order valence-corrected chi connectivity index (χ3v) is 3.74. The van der Waals surface area contributed by atoms with Gasteiger partial charge in [-0.05, 0) is 18.9 Å². The van der Waals surface area contributed by atoms with Gasteiger partial charge in [0, 0.05) is 30.2 Å². The highest BCUT2D eigenvalue weighted by molar-refractivity contribution is 14.0. The number of guanidine groups is 1. The number of halogens is 1. The molecule has 7 heteroatoms. The summed E-state index contributed by atoms with van der Waals surface area (Å²) >= 11 is 0. The molecule has 2 aromatic rings. The van der Waals surface area contributed by atoms with Crippen molar-refractivity contribution in [1.29, 1.82) is 0 Å². The van der Waals surface area contributed by atoms with Crippen LogP contribution in [0.3, 0.4) is 0 Å². The van der Waals surface area contributed by atoms with Gasteiger partial charge in [0.25, 0.3) is 0 Å². The van der Waals surface area contributed by atoms with Gasteiger partial charge in [0.2, 0.25) is 0 Å². The summed E-state index contributed by atoms with van der Waals surface area (Å²) in [6.45, 7) is 0.507. The Labute approximate surface area is 147 Å². The summed E-state index contributed by atoms with van der Waals surface area (Å²) in [4.78, 5) is 12.9. The van der Waals surface area contributed by atoms with Crippen LogP contribution in [0.25, 0.3) is 5.82 Å². The molecule has 1 aliphatic carbocycles. The lowest BCUT2D eigenvalue weighted by Crippen LogP contribution is -2.38. The SMILES string of the molecule is I.NC(=NCc1cccnc1-n1ccnc1)NC1CCCC1. The van der Waals surface area contributed by atoms with Crippen LogP contribution in [0.5, 0.6) is 0 Å². The third kappa shape index (κ3) is 4.19. The van der Waals surface area contributed by atoms with Gasteiger partial charge in [0.05, 0.1) is 6.54 Å². The fourth-order valence-electron chi connectivity index (χ4n) is 2.67. The molecular formula is C15H21IN6. The van der Waals surface area contributed by atoms with Crippen molar-refractivity contribution in [2.45, 2.75) is 38.3 Å². The number of aromatic nitrogens is 3. The molecular weight excluding hydrogens is 391 g/mol. The van der Waals surface area contributed by atoms with Gasteiger partial charge in [0.15, 0.2) is 5.96 Å². The molecule has 0 unspecified atom stereocenters. The van der Waals surface area contributed by atoms with E-state index in [1.165, 1.54) is 25.7 Å². The summed E-state index contributed by atoms with van der Waals surface area (Å²) in [5.74, 6) is 1.36. The summed E-state index contributed by atoms with van der Waals surface area (Å²) in [6.07, 6.45) is 12.0. The summed E-state index contributed by atoms with van der Waals surface area (Å²) in [7, 11) is 0. The van der Waals surface area contributed by atoms with Crippen molar-refractivity contribution in [3.05, 3.63) is 42.6 Å². The number of pyridine rings is 1. The Hall–Kier alpha value is -1.64. The summed E-state index contributed by atoms with van der Waals surface area (Å²) in [5.41, 5.74) is 6.99. The van der Waals surface area contributed by atoms with Crippen LogP contribution in [0, 0.1) is 0 Å². The zero-order chi connectivity index (χ0) is 14.5. The number of hydrogen-bond donors (Lipinski definition) is 2. The van der Waals surface area contributed by atoms with E-state index in [-0.39, 0.29) is 24.0 Å². The van der Waals surface area contributed by atoms with Crippen molar-refractivity contribution in [3.63, 3.8) is 0 Å². The van der Waals surface area contributed by atoms with Crippen molar-refractivity contribution in [1.82, 2.24) is 19.9 Å². The maximum atomic E-state index is 5.97. The van der Waals surface area contributed by atoms with E-state index in [4.69, 9.17) is 5.73 Å².